The van der Waals surface area contributed by atoms with Crippen LogP contribution in [0.1, 0.15) is 38.5 Å². The van der Waals surface area contributed by atoms with Crippen molar-refractivity contribution in [3.05, 3.63) is 32.3 Å². The zero-order valence-electron chi connectivity index (χ0n) is 11.6. The van der Waals surface area contributed by atoms with Gasteiger partial charge >= 0.3 is 0 Å². The van der Waals surface area contributed by atoms with Crippen LogP contribution in [-0.2, 0) is 0 Å². The first-order valence-corrected chi connectivity index (χ1v) is 7.72. The molecule has 0 unspecified atom stereocenters. The Morgan fingerprint density at radius 1 is 1.19 bits per heavy atom. The van der Waals surface area contributed by atoms with E-state index in [1.54, 1.807) is 0 Å². The molecule has 0 heterocycles. The standard InChI is InChI=1S/C14H18Cl2N2O3/c15-11-7-10(18(19)20)8-12(16)13(11)21-9-14(17)5-3-1-2-4-6-14/h7-8H,1-6,9,17H2. The second-order valence-corrected chi connectivity index (χ2v) is 6.38. The van der Waals surface area contributed by atoms with Crippen molar-refractivity contribution < 1.29 is 9.66 Å². The van der Waals surface area contributed by atoms with Crippen molar-refractivity contribution in [1.82, 2.24) is 0 Å². The number of benzene rings is 1. The molecule has 2 rings (SSSR count). The Morgan fingerprint density at radius 3 is 2.19 bits per heavy atom. The highest BCUT2D eigenvalue weighted by Crippen LogP contribution is 2.37. The van der Waals surface area contributed by atoms with Gasteiger partial charge in [0.2, 0.25) is 0 Å². The minimum Gasteiger partial charge on any atom is -0.489 e. The van der Waals surface area contributed by atoms with Gasteiger partial charge in [-0.15, -0.1) is 0 Å². The average Bonchev–Trinajstić information content (AvgIpc) is 2.62. The molecule has 0 spiro atoms. The summed E-state index contributed by atoms with van der Waals surface area (Å²) >= 11 is 12.0. The lowest BCUT2D eigenvalue weighted by atomic mass is 9.92. The van der Waals surface area contributed by atoms with E-state index in [2.05, 4.69) is 0 Å². The van der Waals surface area contributed by atoms with Gasteiger partial charge in [0.15, 0.2) is 5.75 Å². The number of nitro groups is 1. The van der Waals surface area contributed by atoms with Crippen LogP contribution in [0.5, 0.6) is 5.75 Å². The summed E-state index contributed by atoms with van der Waals surface area (Å²) in [6.45, 7) is 0.310. The molecule has 0 aliphatic heterocycles. The third kappa shape index (κ3) is 4.22. The second kappa shape index (κ2) is 6.81. The van der Waals surface area contributed by atoms with Gasteiger partial charge in [0.05, 0.1) is 20.5 Å². The molecule has 1 aliphatic rings. The van der Waals surface area contributed by atoms with Gasteiger partial charge < -0.3 is 10.5 Å². The Morgan fingerprint density at radius 2 is 1.71 bits per heavy atom. The van der Waals surface area contributed by atoms with Crippen molar-refractivity contribution in [2.24, 2.45) is 5.73 Å². The average molecular weight is 333 g/mol. The zero-order chi connectivity index (χ0) is 15.5. The van der Waals surface area contributed by atoms with Crippen molar-refractivity contribution >= 4 is 28.9 Å². The van der Waals surface area contributed by atoms with E-state index in [4.69, 9.17) is 33.7 Å². The van der Waals surface area contributed by atoms with Crippen LogP contribution in [0.25, 0.3) is 0 Å². The summed E-state index contributed by atoms with van der Waals surface area (Å²) in [6, 6.07) is 2.47. The summed E-state index contributed by atoms with van der Waals surface area (Å²) in [7, 11) is 0. The Kier molecular flexibility index (Phi) is 5.30. The molecule has 2 N–H and O–H groups in total. The van der Waals surface area contributed by atoms with E-state index in [-0.39, 0.29) is 27.0 Å². The summed E-state index contributed by atoms with van der Waals surface area (Å²) < 4.78 is 5.69. The number of halogens is 2. The lowest BCUT2D eigenvalue weighted by Crippen LogP contribution is -2.45. The molecular weight excluding hydrogens is 315 g/mol. The fourth-order valence-corrected chi connectivity index (χ4v) is 3.17. The number of hydrogen-bond donors (Lipinski definition) is 1. The molecule has 0 saturated heterocycles. The summed E-state index contributed by atoms with van der Waals surface area (Å²) in [5.41, 5.74) is 5.82. The number of non-ortho nitro benzene ring substituents is 1. The highest BCUT2D eigenvalue weighted by molar-refractivity contribution is 6.37. The largest absolute Gasteiger partial charge is 0.489 e. The molecule has 1 aromatic rings. The van der Waals surface area contributed by atoms with Crippen LogP contribution in [0.15, 0.2) is 12.1 Å². The molecule has 1 aromatic carbocycles. The van der Waals surface area contributed by atoms with E-state index in [1.165, 1.54) is 25.0 Å². The maximum atomic E-state index is 10.7. The summed E-state index contributed by atoms with van der Waals surface area (Å²) in [5.74, 6) is 0.262. The van der Waals surface area contributed by atoms with Gasteiger partial charge in [-0.1, -0.05) is 48.9 Å². The van der Waals surface area contributed by atoms with Crippen LogP contribution in [0.4, 0.5) is 5.69 Å². The van der Waals surface area contributed by atoms with E-state index in [9.17, 15) is 10.1 Å². The monoisotopic (exact) mass is 332 g/mol. The van der Waals surface area contributed by atoms with Gasteiger partial charge in [-0.2, -0.15) is 0 Å². The number of nitrogens with zero attached hydrogens (tertiary/aromatic N) is 1. The van der Waals surface area contributed by atoms with Crippen LogP contribution in [-0.4, -0.2) is 17.1 Å². The molecule has 21 heavy (non-hydrogen) atoms. The van der Waals surface area contributed by atoms with E-state index in [0.717, 1.165) is 25.7 Å². The van der Waals surface area contributed by atoms with Crippen LogP contribution in [0, 0.1) is 10.1 Å². The zero-order valence-corrected chi connectivity index (χ0v) is 13.1. The molecule has 1 aliphatic carbocycles. The molecule has 5 nitrogen and oxygen atoms in total. The van der Waals surface area contributed by atoms with Gasteiger partial charge in [-0.3, -0.25) is 10.1 Å². The predicted octanol–water partition coefficient (Wildman–Crippen LogP) is 4.33. The van der Waals surface area contributed by atoms with Crippen LogP contribution in [0.2, 0.25) is 10.0 Å². The van der Waals surface area contributed by atoms with Crippen molar-refractivity contribution in [2.75, 3.05) is 6.61 Å². The molecule has 0 amide bonds. The van der Waals surface area contributed by atoms with E-state index >= 15 is 0 Å². The molecule has 0 bridgehead atoms. The van der Waals surface area contributed by atoms with Gasteiger partial charge in [-0.25, -0.2) is 0 Å². The first kappa shape index (κ1) is 16.3. The molecular formula is C14H18Cl2N2O3. The smallest absolute Gasteiger partial charge is 0.272 e. The van der Waals surface area contributed by atoms with Crippen LogP contribution < -0.4 is 10.5 Å². The molecule has 0 radical (unpaired) electrons. The van der Waals surface area contributed by atoms with Crippen molar-refractivity contribution in [3.63, 3.8) is 0 Å². The number of ether oxygens (including phenoxy) is 1. The first-order valence-electron chi connectivity index (χ1n) is 6.96. The van der Waals surface area contributed by atoms with E-state index in [0.29, 0.717) is 6.61 Å². The van der Waals surface area contributed by atoms with Gasteiger partial charge in [0.25, 0.3) is 5.69 Å². The lowest BCUT2D eigenvalue weighted by Gasteiger charge is -2.28. The number of rotatable bonds is 4. The highest BCUT2D eigenvalue weighted by atomic mass is 35.5. The first-order chi connectivity index (χ1) is 9.91. The van der Waals surface area contributed by atoms with Crippen LogP contribution in [0.3, 0.4) is 0 Å². The summed E-state index contributed by atoms with van der Waals surface area (Å²) in [5, 5.41) is 11.0. The van der Waals surface area contributed by atoms with Gasteiger partial charge in [-0.05, 0) is 12.8 Å². The number of nitrogens with two attached hydrogens (primary N) is 1. The predicted molar refractivity (Wildman–Crippen MR) is 83.2 cm³/mol. The molecule has 1 saturated carbocycles. The molecule has 0 aromatic heterocycles. The molecule has 1 fully saturated rings. The lowest BCUT2D eigenvalue weighted by molar-refractivity contribution is -0.384. The maximum Gasteiger partial charge on any atom is 0.272 e. The number of hydrogen-bond acceptors (Lipinski definition) is 4. The topological polar surface area (TPSA) is 78.4 Å². The van der Waals surface area contributed by atoms with Gasteiger partial charge in [0.1, 0.15) is 6.61 Å². The Hall–Kier alpha value is -1.04. The minimum atomic E-state index is -0.544. The maximum absolute atomic E-state index is 10.7. The Labute approximate surface area is 133 Å². The number of nitro benzene ring substituents is 1. The van der Waals surface area contributed by atoms with Crippen molar-refractivity contribution in [2.45, 2.75) is 44.1 Å². The summed E-state index contributed by atoms with van der Waals surface area (Å²) in [6.07, 6.45) is 6.35. The van der Waals surface area contributed by atoms with E-state index < -0.39 is 4.92 Å². The third-order valence-electron chi connectivity index (χ3n) is 3.80. The Bertz CT molecular complexity index is 506. The fraction of sp³-hybridized carbons (Fsp3) is 0.571. The van der Waals surface area contributed by atoms with Crippen molar-refractivity contribution in [1.29, 1.82) is 0 Å². The SMILES string of the molecule is NC1(COc2c(Cl)cc([N+](=O)[O-])cc2Cl)CCCCCC1. The van der Waals surface area contributed by atoms with Crippen molar-refractivity contribution in [3.8, 4) is 5.75 Å². The van der Waals surface area contributed by atoms with E-state index in [1.807, 2.05) is 0 Å². The highest BCUT2D eigenvalue weighted by Gasteiger charge is 2.28. The Balaban J connectivity index is 2.11. The summed E-state index contributed by atoms with van der Waals surface area (Å²) in [4.78, 5) is 10.2. The quantitative estimate of drug-likeness (QED) is 0.505. The fourth-order valence-electron chi connectivity index (χ4n) is 2.58. The van der Waals surface area contributed by atoms with Crippen LogP contribution >= 0.6 is 23.2 Å². The minimum absolute atomic E-state index is 0.131. The molecule has 116 valence electrons. The second-order valence-electron chi connectivity index (χ2n) is 5.56. The third-order valence-corrected chi connectivity index (χ3v) is 4.36. The van der Waals surface area contributed by atoms with Gasteiger partial charge in [0, 0.05) is 12.1 Å². The molecule has 7 heteroatoms. The normalized spacial score (nSPS) is 18.0. The molecule has 0 atom stereocenters.